The van der Waals surface area contributed by atoms with Gasteiger partial charge in [-0.3, -0.25) is 0 Å². The predicted octanol–water partition coefficient (Wildman–Crippen LogP) is 1.92. The van der Waals surface area contributed by atoms with Crippen LogP contribution in [0.2, 0.25) is 0 Å². The van der Waals surface area contributed by atoms with Crippen molar-refractivity contribution in [3.05, 3.63) is 17.6 Å². The lowest BCUT2D eigenvalue weighted by atomic mass is 9.89. The first-order chi connectivity index (χ1) is 9.29. The van der Waals surface area contributed by atoms with Crippen molar-refractivity contribution in [1.82, 2.24) is 9.97 Å². The van der Waals surface area contributed by atoms with E-state index in [9.17, 15) is 0 Å². The summed E-state index contributed by atoms with van der Waals surface area (Å²) in [4.78, 5) is 11.5. The van der Waals surface area contributed by atoms with Gasteiger partial charge in [-0.05, 0) is 38.0 Å². The van der Waals surface area contributed by atoms with E-state index < -0.39 is 0 Å². The molecule has 1 aliphatic carbocycles. The lowest BCUT2D eigenvalue weighted by Gasteiger charge is -2.38. The molecule has 4 nitrogen and oxygen atoms in total. The van der Waals surface area contributed by atoms with E-state index in [1.165, 1.54) is 29.9 Å². The SMILES string of the molecule is CCC1CN(c2ncnc3c2CCCC3)CCC1N. The zero-order valence-electron chi connectivity index (χ0n) is 11.8. The molecule has 3 rings (SSSR count). The highest BCUT2D eigenvalue weighted by Crippen LogP contribution is 2.30. The summed E-state index contributed by atoms with van der Waals surface area (Å²) in [6.07, 6.45) is 8.79. The zero-order chi connectivity index (χ0) is 13.2. The Morgan fingerprint density at radius 2 is 2.16 bits per heavy atom. The fourth-order valence-corrected chi connectivity index (χ4v) is 3.45. The largest absolute Gasteiger partial charge is 0.356 e. The number of hydrogen-bond donors (Lipinski definition) is 1. The average molecular weight is 260 g/mol. The first-order valence-electron chi connectivity index (χ1n) is 7.63. The number of nitrogens with zero attached hydrogens (tertiary/aromatic N) is 3. The van der Waals surface area contributed by atoms with Crippen LogP contribution in [0.25, 0.3) is 0 Å². The van der Waals surface area contributed by atoms with Crippen molar-refractivity contribution in [2.45, 2.75) is 51.5 Å². The molecule has 1 aliphatic heterocycles. The number of anilines is 1. The minimum absolute atomic E-state index is 0.360. The Labute approximate surface area is 115 Å². The van der Waals surface area contributed by atoms with Crippen molar-refractivity contribution >= 4 is 5.82 Å². The molecular weight excluding hydrogens is 236 g/mol. The van der Waals surface area contributed by atoms with Crippen LogP contribution in [0.4, 0.5) is 5.82 Å². The number of nitrogens with two attached hydrogens (primary N) is 1. The van der Waals surface area contributed by atoms with Gasteiger partial charge in [0.2, 0.25) is 0 Å². The van der Waals surface area contributed by atoms with Crippen LogP contribution in [0.1, 0.15) is 43.9 Å². The molecule has 0 amide bonds. The van der Waals surface area contributed by atoms with Crippen molar-refractivity contribution in [2.24, 2.45) is 11.7 Å². The third-order valence-electron chi connectivity index (χ3n) is 4.72. The van der Waals surface area contributed by atoms with Gasteiger partial charge >= 0.3 is 0 Å². The van der Waals surface area contributed by atoms with Gasteiger partial charge in [0.25, 0.3) is 0 Å². The lowest BCUT2D eigenvalue weighted by molar-refractivity contribution is 0.346. The van der Waals surface area contributed by atoms with Gasteiger partial charge in [-0.1, -0.05) is 13.3 Å². The standard InChI is InChI=1S/C15H24N4/c1-2-11-9-19(8-7-13(11)16)15-12-5-3-4-6-14(12)17-10-18-15/h10-11,13H,2-9,16H2,1H3. The highest BCUT2D eigenvalue weighted by atomic mass is 15.2. The summed E-state index contributed by atoms with van der Waals surface area (Å²) < 4.78 is 0. The normalized spacial score (nSPS) is 27.2. The molecule has 2 unspecified atom stereocenters. The van der Waals surface area contributed by atoms with Crippen molar-refractivity contribution < 1.29 is 0 Å². The van der Waals surface area contributed by atoms with Crippen LogP contribution >= 0.6 is 0 Å². The Morgan fingerprint density at radius 1 is 1.32 bits per heavy atom. The van der Waals surface area contributed by atoms with Gasteiger partial charge < -0.3 is 10.6 Å². The molecule has 2 heterocycles. The van der Waals surface area contributed by atoms with Crippen LogP contribution in [0.3, 0.4) is 0 Å². The van der Waals surface area contributed by atoms with E-state index in [1.807, 2.05) is 0 Å². The van der Waals surface area contributed by atoms with Crippen LogP contribution in [-0.2, 0) is 12.8 Å². The molecule has 0 saturated carbocycles. The van der Waals surface area contributed by atoms with Crippen molar-refractivity contribution in [1.29, 1.82) is 0 Å². The number of hydrogen-bond acceptors (Lipinski definition) is 4. The molecule has 2 atom stereocenters. The van der Waals surface area contributed by atoms with Gasteiger partial charge in [-0.15, -0.1) is 0 Å². The second-order valence-corrected chi connectivity index (χ2v) is 5.90. The number of fused-ring (bicyclic) bond motifs is 1. The Bertz CT molecular complexity index is 446. The molecule has 1 aromatic rings. The van der Waals surface area contributed by atoms with Crippen molar-refractivity contribution in [3.8, 4) is 0 Å². The van der Waals surface area contributed by atoms with Crippen molar-refractivity contribution in [3.63, 3.8) is 0 Å². The summed E-state index contributed by atoms with van der Waals surface area (Å²) in [7, 11) is 0. The van der Waals surface area contributed by atoms with Crippen LogP contribution in [0.5, 0.6) is 0 Å². The van der Waals surface area contributed by atoms with Gasteiger partial charge in [0, 0.05) is 30.4 Å². The molecule has 0 bridgehead atoms. The van der Waals surface area contributed by atoms with Crippen molar-refractivity contribution in [2.75, 3.05) is 18.0 Å². The van der Waals surface area contributed by atoms with E-state index in [1.54, 1.807) is 6.33 Å². The Hall–Kier alpha value is -1.16. The second kappa shape index (κ2) is 5.45. The molecule has 0 aromatic carbocycles. The van der Waals surface area contributed by atoms with E-state index >= 15 is 0 Å². The first-order valence-corrected chi connectivity index (χ1v) is 7.63. The Kier molecular flexibility index (Phi) is 3.69. The van der Waals surface area contributed by atoms with E-state index in [0.29, 0.717) is 12.0 Å². The van der Waals surface area contributed by atoms with Gasteiger partial charge in [0.1, 0.15) is 12.1 Å². The maximum absolute atomic E-state index is 6.21. The van der Waals surface area contributed by atoms with Gasteiger partial charge in [-0.25, -0.2) is 9.97 Å². The summed E-state index contributed by atoms with van der Waals surface area (Å²) in [5.41, 5.74) is 8.89. The zero-order valence-corrected chi connectivity index (χ0v) is 11.8. The number of aromatic nitrogens is 2. The van der Waals surface area contributed by atoms with Gasteiger partial charge in [0.05, 0.1) is 0 Å². The predicted molar refractivity (Wildman–Crippen MR) is 77.3 cm³/mol. The molecule has 0 radical (unpaired) electrons. The minimum Gasteiger partial charge on any atom is -0.356 e. The Morgan fingerprint density at radius 3 is 3.00 bits per heavy atom. The summed E-state index contributed by atoms with van der Waals surface area (Å²) in [6.45, 7) is 4.34. The highest BCUT2D eigenvalue weighted by Gasteiger charge is 2.28. The smallest absolute Gasteiger partial charge is 0.135 e. The maximum atomic E-state index is 6.21. The number of rotatable bonds is 2. The van der Waals surface area contributed by atoms with E-state index in [4.69, 9.17) is 5.73 Å². The quantitative estimate of drug-likeness (QED) is 0.882. The van der Waals surface area contributed by atoms with Crippen LogP contribution in [-0.4, -0.2) is 29.1 Å². The first kappa shape index (κ1) is 12.9. The summed E-state index contributed by atoms with van der Waals surface area (Å²) >= 11 is 0. The number of aryl methyl sites for hydroxylation is 1. The third-order valence-corrected chi connectivity index (χ3v) is 4.72. The molecule has 2 N–H and O–H groups in total. The maximum Gasteiger partial charge on any atom is 0.135 e. The van der Waals surface area contributed by atoms with Gasteiger partial charge in [-0.2, -0.15) is 0 Å². The van der Waals surface area contributed by atoms with Crippen LogP contribution in [0, 0.1) is 5.92 Å². The van der Waals surface area contributed by atoms with E-state index in [0.717, 1.165) is 38.8 Å². The summed E-state index contributed by atoms with van der Waals surface area (Å²) in [6, 6.07) is 0.360. The lowest BCUT2D eigenvalue weighted by Crippen LogP contribution is -2.47. The number of piperidine rings is 1. The third kappa shape index (κ3) is 2.46. The van der Waals surface area contributed by atoms with Crippen LogP contribution in [0.15, 0.2) is 6.33 Å². The molecule has 19 heavy (non-hydrogen) atoms. The Balaban J connectivity index is 1.86. The van der Waals surface area contributed by atoms with Crippen LogP contribution < -0.4 is 10.6 Å². The topological polar surface area (TPSA) is 55.0 Å². The molecule has 4 heteroatoms. The molecular formula is C15H24N4. The van der Waals surface area contributed by atoms with E-state index in [2.05, 4.69) is 21.8 Å². The second-order valence-electron chi connectivity index (χ2n) is 5.90. The molecule has 1 fully saturated rings. The monoisotopic (exact) mass is 260 g/mol. The fraction of sp³-hybridized carbons (Fsp3) is 0.733. The molecule has 1 aromatic heterocycles. The highest BCUT2D eigenvalue weighted by molar-refractivity contribution is 5.50. The summed E-state index contributed by atoms with van der Waals surface area (Å²) in [5.74, 6) is 1.79. The van der Waals surface area contributed by atoms with E-state index in [-0.39, 0.29) is 0 Å². The van der Waals surface area contributed by atoms with Gasteiger partial charge in [0.15, 0.2) is 0 Å². The summed E-state index contributed by atoms with van der Waals surface area (Å²) in [5, 5.41) is 0. The average Bonchev–Trinajstić information content (AvgIpc) is 2.47. The fourth-order valence-electron chi connectivity index (χ4n) is 3.45. The molecule has 0 spiro atoms. The molecule has 104 valence electrons. The molecule has 1 saturated heterocycles. The molecule has 2 aliphatic rings. The minimum atomic E-state index is 0.360.